The normalized spacial score (nSPS) is 11.1. The van der Waals surface area contributed by atoms with Gasteiger partial charge in [-0.05, 0) is 44.7 Å². The molecule has 3 N–H and O–H groups in total. The molecule has 32 heavy (non-hydrogen) atoms. The van der Waals surface area contributed by atoms with Gasteiger partial charge in [0.1, 0.15) is 11.6 Å². The predicted octanol–water partition coefficient (Wildman–Crippen LogP) is 2.85. The Bertz CT molecular complexity index is 1010. The van der Waals surface area contributed by atoms with E-state index in [9.17, 15) is 14.4 Å². The highest BCUT2D eigenvalue weighted by Gasteiger charge is 2.25. The average Bonchev–Trinajstić information content (AvgIpc) is 2.76. The van der Waals surface area contributed by atoms with Gasteiger partial charge in [0, 0.05) is 32.4 Å². The number of rotatable bonds is 11. The van der Waals surface area contributed by atoms with E-state index in [4.69, 9.17) is 5.73 Å². The zero-order chi connectivity index (χ0) is 23.8. The monoisotopic (exact) mass is 444 g/mol. The molecule has 0 aromatic carbocycles. The van der Waals surface area contributed by atoms with Crippen LogP contribution >= 0.6 is 0 Å². The minimum absolute atomic E-state index is 0.0111. The van der Waals surface area contributed by atoms with Crippen LogP contribution in [0.2, 0.25) is 0 Å². The van der Waals surface area contributed by atoms with Crippen molar-refractivity contribution in [1.82, 2.24) is 14.5 Å². The molecule has 9 nitrogen and oxygen atoms in total. The standard InChI is InChI=1S/C23H36N6O3/c1-6-9-13-29-20(24)19(21(30)26-23(29)32)28(14-12-16(4)5)22(31)17-10-11-18(25-15-17)27(7-2)8-3/h10-11,15-16H,6-9,12-14,24H2,1-5H3,(H,26,30,32). The number of pyridine rings is 1. The Morgan fingerprint density at radius 2 is 1.88 bits per heavy atom. The van der Waals surface area contributed by atoms with Crippen LogP contribution in [0.25, 0.3) is 0 Å². The lowest BCUT2D eigenvalue weighted by molar-refractivity contribution is 0.0985. The minimum Gasteiger partial charge on any atom is -0.383 e. The Morgan fingerprint density at radius 3 is 2.41 bits per heavy atom. The number of nitrogen functional groups attached to an aromatic ring is 1. The topological polar surface area (TPSA) is 117 Å². The number of unbranched alkanes of at least 4 members (excludes halogenated alkanes) is 1. The highest BCUT2D eigenvalue weighted by atomic mass is 16.2. The summed E-state index contributed by atoms with van der Waals surface area (Å²) in [6.07, 6.45) is 3.78. The summed E-state index contributed by atoms with van der Waals surface area (Å²) in [7, 11) is 0. The van der Waals surface area contributed by atoms with Gasteiger partial charge in [-0.2, -0.15) is 0 Å². The van der Waals surface area contributed by atoms with Crippen molar-refractivity contribution < 1.29 is 4.79 Å². The lowest BCUT2D eigenvalue weighted by atomic mass is 10.1. The number of anilines is 3. The number of nitrogens with two attached hydrogens (primary N) is 1. The fourth-order valence-electron chi connectivity index (χ4n) is 3.48. The molecule has 0 fully saturated rings. The van der Waals surface area contributed by atoms with Crippen LogP contribution in [0.1, 0.15) is 64.2 Å². The van der Waals surface area contributed by atoms with E-state index >= 15 is 0 Å². The van der Waals surface area contributed by atoms with Gasteiger partial charge in [0.05, 0.1) is 5.56 Å². The largest absolute Gasteiger partial charge is 0.383 e. The molecule has 0 unspecified atom stereocenters. The molecule has 2 aromatic rings. The van der Waals surface area contributed by atoms with Crippen LogP contribution < -0.4 is 26.8 Å². The van der Waals surface area contributed by atoms with Crippen LogP contribution in [0, 0.1) is 5.92 Å². The molecule has 0 aliphatic heterocycles. The summed E-state index contributed by atoms with van der Waals surface area (Å²) in [5.74, 6) is 0.727. The Hall–Kier alpha value is -3.10. The molecule has 0 atom stereocenters. The smallest absolute Gasteiger partial charge is 0.330 e. The molecule has 0 bridgehead atoms. The zero-order valence-corrected chi connectivity index (χ0v) is 19.9. The summed E-state index contributed by atoms with van der Waals surface area (Å²) in [4.78, 5) is 48.8. The fourth-order valence-corrected chi connectivity index (χ4v) is 3.48. The summed E-state index contributed by atoms with van der Waals surface area (Å²) in [5.41, 5.74) is 5.42. The van der Waals surface area contributed by atoms with E-state index in [1.54, 1.807) is 12.1 Å². The Kier molecular flexibility index (Phi) is 9.04. The van der Waals surface area contributed by atoms with Gasteiger partial charge in [-0.15, -0.1) is 0 Å². The third-order valence-corrected chi connectivity index (χ3v) is 5.48. The first kappa shape index (κ1) is 25.2. The number of carbonyl (C=O) groups is 1. The first-order valence-electron chi connectivity index (χ1n) is 11.4. The number of hydrogen-bond acceptors (Lipinski definition) is 6. The Labute approximate surface area is 189 Å². The van der Waals surface area contributed by atoms with Gasteiger partial charge in [-0.3, -0.25) is 19.1 Å². The van der Waals surface area contributed by atoms with Crippen molar-refractivity contribution in [1.29, 1.82) is 0 Å². The van der Waals surface area contributed by atoms with Crippen LogP contribution in [0.15, 0.2) is 27.9 Å². The van der Waals surface area contributed by atoms with Gasteiger partial charge < -0.3 is 15.5 Å². The second kappa shape index (κ2) is 11.5. The zero-order valence-electron chi connectivity index (χ0n) is 19.9. The fraction of sp³-hybridized carbons (Fsp3) is 0.565. The Balaban J connectivity index is 2.52. The van der Waals surface area contributed by atoms with E-state index in [0.29, 0.717) is 31.0 Å². The quantitative estimate of drug-likeness (QED) is 0.550. The summed E-state index contributed by atoms with van der Waals surface area (Å²) in [6, 6.07) is 3.51. The molecule has 0 saturated heterocycles. The molecule has 1 amide bonds. The number of hydrogen-bond donors (Lipinski definition) is 2. The molecule has 176 valence electrons. The summed E-state index contributed by atoms with van der Waals surface area (Å²) in [6.45, 7) is 12.5. The van der Waals surface area contributed by atoms with Gasteiger partial charge in [0.15, 0.2) is 5.69 Å². The first-order chi connectivity index (χ1) is 15.2. The molecule has 0 aliphatic rings. The lowest BCUT2D eigenvalue weighted by Crippen LogP contribution is -2.42. The van der Waals surface area contributed by atoms with E-state index in [0.717, 1.165) is 31.7 Å². The second-order valence-electron chi connectivity index (χ2n) is 8.21. The molecule has 2 rings (SSSR count). The van der Waals surface area contributed by atoms with Crippen molar-refractivity contribution in [2.45, 2.75) is 60.4 Å². The lowest BCUT2D eigenvalue weighted by Gasteiger charge is -2.25. The van der Waals surface area contributed by atoms with Gasteiger partial charge in [-0.1, -0.05) is 27.2 Å². The van der Waals surface area contributed by atoms with Gasteiger partial charge in [-0.25, -0.2) is 9.78 Å². The number of aromatic amines is 1. The summed E-state index contributed by atoms with van der Waals surface area (Å²) >= 11 is 0. The van der Waals surface area contributed by atoms with Crippen molar-refractivity contribution in [3.8, 4) is 0 Å². The van der Waals surface area contributed by atoms with E-state index in [1.165, 1.54) is 15.7 Å². The molecule has 2 heterocycles. The van der Waals surface area contributed by atoms with Crippen LogP contribution in [0.5, 0.6) is 0 Å². The average molecular weight is 445 g/mol. The second-order valence-corrected chi connectivity index (χ2v) is 8.21. The first-order valence-corrected chi connectivity index (χ1v) is 11.4. The number of amides is 1. The molecule has 9 heteroatoms. The molecule has 0 aliphatic carbocycles. The maximum absolute atomic E-state index is 13.5. The van der Waals surface area contributed by atoms with Crippen LogP contribution in [-0.4, -0.2) is 40.1 Å². The minimum atomic E-state index is -0.662. The Morgan fingerprint density at radius 1 is 1.19 bits per heavy atom. The van der Waals surface area contributed by atoms with Crippen LogP contribution in [0.3, 0.4) is 0 Å². The van der Waals surface area contributed by atoms with Crippen molar-refractivity contribution in [2.24, 2.45) is 5.92 Å². The van der Waals surface area contributed by atoms with Gasteiger partial charge in [0.25, 0.3) is 11.5 Å². The van der Waals surface area contributed by atoms with E-state index < -0.39 is 11.2 Å². The number of nitrogens with zero attached hydrogens (tertiary/aromatic N) is 4. The maximum atomic E-state index is 13.5. The predicted molar refractivity (Wildman–Crippen MR) is 130 cm³/mol. The van der Waals surface area contributed by atoms with E-state index in [1.807, 2.05) is 34.6 Å². The maximum Gasteiger partial charge on any atom is 0.330 e. The number of carbonyl (C=O) groups excluding carboxylic acids is 1. The van der Waals surface area contributed by atoms with Gasteiger partial charge >= 0.3 is 5.69 Å². The van der Waals surface area contributed by atoms with E-state index in [-0.39, 0.29) is 17.4 Å². The highest BCUT2D eigenvalue weighted by molar-refractivity contribution is 6.07. The number of nitrogens with one attached hydrogen (secondary N) is 1. The molecule has 0 radical (unpaired) electrons. The number of aromatic nitrogens is 3. The molecule has 2 aromatic heterocycles. The van der Waals surface area contributed by atoms with Crippen LogP contribution in [-0.2, 0) is 6.54 Å². The molecular weight excluding hydrogens is 408 g/mol. The third-order valence-electron chi connectivity index (χ3n) is 5.48. The van der Waals surface area contributed by atoms with Crippen molar-refractivity contribution >= 4 is 23.2 Å². The summed E-state index contributed by atoms with van der Waals surface area (Å²) in [5, 5.41) is 0. The molecule has 0 spiro atoms. The SMILES string of the molecule is CCCCn1c(N)c(N(CCC(C)C)C(=O)c2ccc(N(CC)CC)nc2)c(=O)[nH]c1=O. The van der Waals surface area contributed by atoms with E-state index in [2.05, 4.69) is 14.9 Å². The molecule has 0 saturated carbocycles. The van der Waals surface area contributed by atoms with Crippen LogP contribution in [0.4, 0.5) is 17.3 Å². The van der Waals surface area contributed by atoms with Crippen molar-refractivity contribution in [2.75, 3.05) is 35.2 Å². The third kappa shape index (κ3) is 5.77. The van der Waals surface area contributed by atoms with Gasteiger partial charge in [0.2, 0.25) is 0 Å². The molecular formula is C23H36N6O3. The highest BCUT2D eigenvalue weighted by Crippen LogP contribution is 2.22. The number of H-pyrrole nitrogens is 1. The van der Waals surface area contributed by atoms with Crippen molar-refractivity contribution in [3.05, 3.63) is 44.7 Å². The van der Waals surface area contributed by atoms with Crippen molar-refractivity contribution in [3.63, 3.8) is 0 Å². The summed E-state index contributed by atoms with van der Waals surface area (Å²) < 4.78 is 1.33.